The van der Waals surface area contributed by atoms with Gasteiger partial charge in [-0.2, -0.15) is 0 Å². The van der Waals surface area contributed by atoms with Gasteiger partial charge in [-0.05, 0) is 93.3 Å². The average Bonchev–Trinajstić information content (AvgIpc) is 3.15. The van der Waals surface area contributed by atoms with Gasteiger partial charge in [-0.1, -0.05) is 25.5 Å². The van der Waals surface area contributed by atoms with Crippen LogP contribution in [0.5, 0.6) is 0 Å². The molecule has 1 aliphatic heterocycles. The Morgan fingerprint density at radius 1 is 1.04 bits per heavy atom. The fraction of sp³-hybridized carbons (Fsp3) is 0.875. The molecule has 1 saturated heterocycles. The number of hydrogen-bond acceptors (Lipinski definition) is 3. The Morgan fingerprint density at radius 2 is 1.85 bits per heavy atom. The molecule has 0 spiro atoms. The monoisotopic (exact) mass is 372 g/mol. The molecule has 5 rings (SSSR count). The predicted octanol–water partition coefficient (Wildman–Crippen LogP) is 5.02. The lowest BCUT2D eigenvalue weighted by atomic mass is 9.46. The van der Waals surface area contributed by atoms with E-state index in [0.29, 0.717) is 23.2 Å². The summed E-state index contributed by atoms with van der Waals surface area (Å²) in [5.41, 5.74) is 1.95. The van der Waals surface area contributed by atoms with Gasteiger partial charge in [0.15, 0.2) is 0 Å². The van der Waals surface area contributed by atoms with E-state index in [9.17, 15) is 9.90 Å². The molecule has 5 aliphatic rings. The highest BCUT2D eigenvalue weighted by Crippen LogP contribution is 2.68. The maximum absolute atomic E-state index is 11.9. The summed E-state index contributed by atoms with van der Waals surface area (Å²) >= 11 is 0. The predicted molar refractivity (Wildman–Crippen MR) is 105 cm³/mol. The molecular weight excluding hydrogens is 336 g/mol. The largest absolute Gasteiger partial charge is 0.459 e. The van der Waals surface area contributed by atoms with Crippen LogP contribution in [0.4, 0.5) is 0 Å². The Bertz CT molecular complexity index is 683. The normalized spacial score (nSPS) is 54.6. The van der Waals surface area contributed by atoms with Crippen molar-refractivity contribution in [2.75, 3.05) is 0 Å². The zero-order valence-corrected chi connectivity index (χ0v) is 17.3. The summed E-state index contributed by atoms with van der Waals surface area (Å²) in [5, 5.41) is 10.2. The van der Waals surface area contributed by atoms with Crippen molar-refractivity contribution in [2.45, 2.75) is 96.7 Å². The molecule has 1 heterocycles. The molecule has 1 N–H and O–H groups in total. The minimum absolute atomic E-state index is 0.0109. The van der Waals surface area contributed by atoms with Gasteiger partial charge in [-0.15, -0.1) is 0 Å². The average molecular weight is 373 g/mol. The van der Waals surface area contributed by atoms with Gasteiger partial charge in [0.1, 0.15) is 5.60 Å². The van der Waals surface area contributed by atoms with Crippen LogP contribution in [0.2, 0.25) is 0 Å². The lowest BCUT2D eigenvalue weighted by Crippen LogP contribution is -2.53. The van der Waals surface area contributed by atoms with Crippen molar-refractivity contribution in [1.82, 2.24) is 0 Å². The van der Waals surface area contributed by atoms with Gasteiger partial charge in [0.25, 0.3) is 0 Å². The summed E-state index contributed by atoms with van der Waals surface area (Å²) in [6.45, 7) is 7.23. The van der Waals surface area contributed by atoms with Crippen molar-refractivity contribution in [1.29, 1.82) is 0 Å². The molecular formula is C24H36O3. The van der Waals surface area contributed by atoms with Crippen LogP contribution in [0, 0.1) is 34.5 Å². The second-order valence-corrected chi connectivity index (χ2v) is 11.1. The zero-order valence-electron chi connectivity index (χ0n) is 17.3. The Morgan fingerprint density at radius 3 is 2.59 bits per heavy atom. The second kappa shape index (κ2) is 5.84. The van der Waals surface area contributed by atoms with Gasteiger partial charge in [0.2, 0.25) is 0 Å². The molecule has 0 aromatic carbocycles. The molecule has 0 bridgehead atoms. The smallest absolute Gasteiger partial charge is 0.306 e. The number of aliphatic hydroxyl groups is 1. The van der Waals surface area contributed by atoms with Gasteiger partial charge in [0.05, 0.1) is 6.10 Å². The third-order valence-electron chi connectivity index (χ3n) is 9.99. The summed E-state index contributed by atoms with van der Waals surface area (Å²) in [6, 6.07) is 0. The van der Waals surface area contributed by atoms with Crippen molar-refractivity contribution in [3.63, 3.8) is 0 Å². The van der Waals surface area contributed by atoms with E-state index in [1.165, 1.54) is 32.1 Å². The number of rotatable bonds is 1. The van der Waals surface area contributed by atoms with Crippen LogP contribution in [0.15, 0.2) is 11.6 Å². The highest BCUT2D eigenvalue weighted by atomic mass is 16.6. The van der Waals surface area contributed by atoms with E-state index in [1.54, 1.807) is 5.57 Å². The molecule has 0 aromatic rings. The topological polar surface area (TPSA) is 46.5 Å². The Kier molecular flexibility index (Phi) is 3.94. The van der Waals surface area contributed by atoms with E-state index in [1.807, 2.05) is 0 Å². The lowest BCUT2D eigenvalue weighted by Gasteiger charge is -2.58. The standard InChI is InChI=1S/C24H36O3/c1-22-11-8-16(25)14-15(22)4-5-17-18-6-7-20(23(18,2)12-9-19(17)22)24(3)13-10-21(26)27-24/h4,16-20,25H,5-14H2,1-3H3/t16-,17-,18+,19-,20-,22+,23+,24-/m1/s1. The molecule has 4 fully saturated rings. The second-order valence-electron chi connectivity index (χ2n) is 11.1. The van der Waals surface area contributed by atoms with Gasteiger partial charge in [-0.3, -0.25) is 4.79 Å². The molecule has 3 nitrogen and oxygen atoms in total. The first-order valence-corrected chi connectivity index (χ1v) is 11.4. The van der Waals surface area contributed by atoms with Gasteiger partial charge < -0.3 is 9.84 Å². The number of ether oxygens (including phenoxy) is 1. The lowest BCUT2D eigenvalue weighted by molar-refractivity contribution is -0.158. The summed E-state index contributed by atoms with van der Waals surface area (Å²) in [6.07, 6.45) is 13.2. The first-order chi connectivity index (χ1) is 12.8. The van der Waals surface area contributed by atoms with Gasteiger partial charge >= 0.3 is 5.97 Å². The Labute approximate surface area is 163 Å². The van der Waals surface area contributed by atoms with Gasteiger partial charge in [-0.25, -0.2) is 0 Å². The summed E-state index contributed by atoms with van der Waals surface area (Å²) in [7, 11) is 0. The number of carbonyl (C=O) groups excluding carboxylic acids is 1. The van der Waals surface area contributed by atoms with E-state index in [0.717, 1.165) is 43.4 Å². The van der Waals surface area contributed by atoms with Crippen molar-refractivity contribution in [2.24, 2.45) is 34.5 Å². The minimum Gasteiger partial charge on any atom is -0.459 e. The van der Waals surface area contributed by atoms with Crippen LogP contribution in [-0.2, 0) is 9.53 Å². The third-order valence-corrected chi connectivity index (χ3v) is 9.99. The SMILES string of the molecule is C[C@]12CC[C@@H]3[C@H](CC=C4C[C@H](O)CC[C@@]43C)[C@@H]1CC[C@H]2[C@@]1(C)CCC(=O)O1. The molecule has 3 saturated carbocycles. The number of aliphatic hydroxyl groups excluding tert-OH is 1. The van der Waals surface area contributed by atoms with Crippen LogP contribution in [0.3, 0.4) is 0 Å². The van der Waals surface area contributed by atoms with E-state index in [2.05, 4.69) is 26.8 Å². The summed E-state index contributed by atoms with van der Waals surface area (Å²) in [5.74, 6) is 2.85. The van der Waals surface area contributed by atoms with Gasteiger partial charge in [0, 0.05) is 12.3 Å². The molecule has 8 atom stereocenters. The summed E-state index contributed by atoms with van der Waals surface area (Å²) < 4.78 is 5.92. The number of fused-ring (bicyclic) bond motifs is 5. The molecule has 4 aliphatic carbocycles. The quantitative estimate of drug-likeness (QED) is 0.519. The molecule has 0 aromatic heterocycles. The number of cyclic esters (lactones) is 1. The van der Waals surface area contributed by atoms with Crippen molar-refractivity contribution < 1.29 is 14.6 Å². The number of allylic oxidation sites excluding steroid dienone is 1. The van der Waals surface area contributed by atoms with E-state index in [-0.39, 0.29) is 17.7 Å². The van der Waals surface area contributed by atoms with Crippen LogP contribution in [0.25, 0.3) is 0 Å². The van der Waals surface area contributed by atoms with Crippen LogP contribution in [-0.4, -0.2) is 22.8 Å². The molecule has 150 valence electrons. The molecule has 0 radical (unpaired) electrons. The van der Waals surface area contributed by atoms with Crippen molar-refractivity contribution in [3.8, 4) is 0 Å². The summed E-state index contributed by atoms with van der Waals surface area (Å²) in [4.78, 5) is 11.9. The number of carbonyl (C=O) groups is 1. The van der Waals surface area contributed by atoms with Crippen LogP contribution >= 0.6 is 0 Å². The Balaban J connectivity index is 1.44. The van der Waals surface area contributed by atoms with Crippen LogP contribution < -0.4 is 0 Å². The van der Waals surface area contributed by atoms with E-state index >= 15 is 0 Å². The first kappa shape index (κ1) is 18.2. The van der Waals surface area contributed by atoms with Crippen molar-refractivity contribution >= 4 is 5.97 Å². The molecule has 0 unspecified atom stereocenters. The Hall–Kier alpha value is -0.830. The maximum Gasteiger partial charge on any atom is 0.306 e. The van der Waals surface area contributed by atoms with Crippen LogP contribution in [0.1, 0.15) is 85.0 Å². The molecule has 0 amide bonds. The first-order valence-electron chi connectivity index (χ1n) is 11.4. The van der Waals surface area contributed by atoms with Crippen molar-refractivity contribution in [3.05, 3.63) is 11.6 Å². The highest BCUT2D eigenvalue weighted by Gasteiger charge is 2.62. The minimum atomic E-state index is -0.234. The van der Waals surface area contributed by atoms with E-state index < -0.39 is 0 Å². The fourth-order valence-corrected chi connectivity index (χ4v) is 8.60. The van der Waals surface area contributed by atoms with E-state index in [4.69, 9.17) is 4.74 Å². The highest BCUT2D eigenvalue weighted by molar-refractivity contribution is 5.72. The number of hydrogen-bond donors (Lipinski definition) is 1. The molecule has 27 heavy (non-hydrogen) atoms. The number of esters is 1. The fourth-order valence-electron chi connectivity index (χ4n) is 8.60. The molecule has 3 heteroatoms. The maximum atomic E-state index is 11.9. The zero-order chi connectivity index (χ0) is 19.0. The third kappa shape index (κ3) is 2.46.